The maximum absolute atomic E-state index is 9.27. The molecule has 0 radical (unpaired) electrons. The summed E-state index contributed by atoms with van der Waals surface area (Å²) in [6.07, 6.45) is 3.87. The number of hydrogen-bond acceptors (Lipinski definition) is 4. The van der Waals surface area contributed by atoms with Gasteiger partial charge >= 0.3 is 0 Å². The Morgan fingerprint density at radius 2 is 2.32 bits per heavy atom. The Kier molecular flexibility index (Phi) is 3.77. The summed E-state index contributed by atoms with van der Waals surface area (Å²) in [5.74, 6) is 0.680. The molecule has 1 aliphatic heterocycles. The van der Waals surface area contributed by atoms with Gasteiger partial charge in [0.15, 0.2) is 11.3 Å². The number of rotatable bonds is 4. The molecule has 2 heterocycles. The number of halogens is 1. The maximum Gasteiger partial charge on any atom is 0.176 e. The fourth-order valence-corrected chi connectivity index (χ4v) is 2.75. The number of aliphatic hydroxyl groups is 1. The Hall–Kier alpha value is -1.04. The normalized spacial score (nSPS) is 19.2. The van der Waals surface area contributed by atoms with Gasteiger partial charge in [0, 0.05) is 22.0 Å². The van der Waals surface area contributed by atoms with Crippen LogP contribution in [0.4, 0.5) is 0 Å². The molecule has 102 valence electrons. The first kappa shape index (κ1) is 13.0. The molecule has 0 amide bonds. The van der Waals surface area contributed by atoms with Crippen molar-refractivity contribution >= 4 is 26.9 Å². The summed E-state index contributed by atoms with van der Waals surface area (Å²) in [6, 6.07) is 3.80. The summed E-state index contributed by atoms with van der Waals surface area (Å²) in [5.41, 5.74) is 1.43. The molecule has 1 aromatic carbocycles. The van der Waals surface area contributed by atoms with Gasteiger partial charge in [-0.05, 0) is 25.0 Å². The lowest BCUT2D eigenvalue weighted by molar-refractivity contribution is 0.0681. The summed E-state index contributed by atoms with van der Waals surface area (Å²) in [7, 11) is 0. The number of fused-ring (bicyclic) bond motifs is 1. The molecular formula is C14H15BrO4. The van der Waals surface area contributed by atoms with Gasteiger partial charge in [-0.2, -0.15) is 0 Å². The van der Waals surface area contributed by atoms with Gasteiger partial charge in [0.1, 0.15) is 6.61 Å². The minimum Gasteiger partial charge on any atom is -0.487 e. The van der Waals surface area contributed by atoms with Crippen LogP contribution in [-0.2, 0) is 11.3 Å². The van der Waals surface area contributed by atoms with Crippen molar-refractivity contribution in [2.45, 2.75) is 25.6 Å². The van der Waals surface area contributed by atoms with Crippen molar-refractivity contribution in [1.29, 1.82) is 0 Å². The zero-order valence-electron chi connectivity index (χ0n) is 10.4. The summed E-state index contributed by atoms with van der Waals surface area (Å²) < 4.78 is 17.7. The number of aliphatic hydroxyl groups excluding tert-OH is 1. The van der Waals surface area contributed by atoms with Crippen LogP contribution >= 0.6 is 15.9 Å². The molecule has 1 atom stereocenters. The molecule has 2 aromatic rings. The third-order valence-corrected chi connectivity index (χ3v) is 3.76. The molecule has 1 aliphatic rings. The van der Waals surface area contributed by atoms with E-state index in [1.54, 1.807) is 6.26 Å². The lowest BCUT2D eigenvalue weighted by Gasteiger charge is -2.12. The molecule has 1 aromatic heterocycles. The van der Waals surface area contributed by atoms with Crippen molar-refractivity contribution in [2.24, 2.45) is 0 Å². The molecule has 0 saturated carbocycles. The monoisotopic (exact) mass is 326 g/mol. The average molecular weight is 327 g/mol. The van der Waals surface area contributed by atoms with Crippen LogP contribution in [0.25, 0.3) is 11.0 Å². The highest BCUT2D eigenvalue weighted by atomic mass is 79.9. The Bertz CT molecular complexity index is 572. The summed E-state index contributed by atoms with van der Waals surface area (Å²) in [5, 5.41) is 10.1. The third kappa shape index (κ3) is 2.63. The number of furan rings is 1. The van der Waals surface area contributed by atoms with Crippen LogP contribution in [0.15, 0.2) is 27.3 Å². The average Bonchev–Trinajstić information content (AvgIpc) is 3.04. The summed E-state index contributed by atoms with van der Waals surface area (Å²) >= 11 is 3.45. The molecule has 0 unspecified atom stereocenters. The Balaban J connectivity index is 1.87. The predicted molar refractivity (Wildman–Crippen MR) is 74.3 cm³/mol. The third-order valence-electron chi connectivity index (χ3n) is 3.30. The first-order chi connectivity index (χ1) is 9.28. The highest BCUT2D eigenvalue weighted by molar-refractivity contribution is 9.10. The molecule has 19 heavy (non-hydrogen) atoms. The van der Waals surface area contributed by atoms with E-state index < -0.39 is 0 Å². The van der Waals surface area contributed by atoms with E-state index in [-0.39, 0.29) is 12.7 Å². The molecule has 0 aliphatic carbocycles. The standard InChI is InChI=1S/C14H15BrO4/c15-10-4-12-9(6-16)7-19-14(12)13(5-10)18-8-11-2-1-3-17-11/h4-5,7,11,16H,1-3,6,8H2/t11-/m1/s1. The van der Waals surface area contributed by atoms with Crippen molar-refractivity contribution in [3.8, 4) is 5.75 Å². The van der Waals surface area contributed by atoms with Gasteiger partial charge in [0.05, 0.1) is 19.0 Å². The van der Waals surface area contributed by atoms with Gasteiger partial charge in [0.2, 0.25) is 0 Å². The second kappa shape index (κ2) is 5.53. The summed E-state index contributed by atoms with van der Waals surface area (Å²) in [6.45, 7) is 1.30. The minimum absolute atomic E-state index is 0.0470. The fraction of sp³-hybridized carbons (Fsp3) is 0.429. The first-order valence-corrected chi connectivity index (χ1v) is 7.12. The first-order valence-electron chi connectivity index (χ1n) is 6.33. The van der Waals surface area contributed by atoms with E-state index in [1.165, 1.54) is 0 Å². The van der Waals surface area contributed by atoms with Crippen molar-refractivity contribution in [3.05, 3.63) is 28.4 Å². The van der Waals surface area contributed by atoms with E-state index in [0.29, 0.717) is 17.9 Å². The molecule has 3 rings (SSSR count). The van der Waals surface area contributed by atoms with Crippen molar-refractivity contribution < 1.29 is 19.0 Å². The van der Waals surface area contributed by atoms with Crippen molar-refractivity contribution in [2.75, 3.05) is 13.2 Å². The van der Waals surface area contributed by atoms with E-state index in [0.717, 1.165) is 34.9 Å². The maximum atomic E-state index is 9.27. The van der Waals surface area contributed by atoms with Gasteiger partial charge in [-0.25, -0.2) is 0 Å². The Labute approximate surface area is 119 Å². The molecule has 1 fully saturated rings. The molecule has 4 nitrogen and oxygen atoms in total. The van der Waals surface area contributed by atoms with E-state index in [9.17, 15) is 5.11 Å². The van der Waals surface area contributed by atoms with Crippen LogP contribution in [0.1, 0.15) is 18.4 Å². The van der Waals surface area contributed by atoms with Crippen LogP contribution in [0.3, 0.4) is 0 Å². The van der Waals surface area contributed by atoms with Crippen LogP contribution in [0.2, 0.25) is 0 Å². The quantitative estimate of drug-likeness (QED) is 0.937. The van der Waals surface area contributed by atoms with Crippen molar-refractivity contribution in [3.63, 3.8) is 0 Å². The van der Waals surface area contributed by atoms with Crippen LogP contribution < -0.4 is 4.74 Å². The van der Waals surface area contributed by atoms with Crippen LogP contribution in [-0.4, -0.2) is 24.4 Å². The second-order valence-corrected chi connectivity index (χ2v) is 5.56. The van der Waals surface area contributed by atoms with Gasteiger partial charge < -0.3 is 19.0 Å². The minimum atomic E-state index is -0.0470. The summed E-state index contributed by atoms with van der Waals surface area (Å²) in [4.78, 5) is 0. The van der Waals surface area contributed by atoms with E-state index in [4.69, 9.17) is 13.9 Å². The van der Waals surface area contributed by atoms with Gasteiger partial charge in [-0.15, -0.1) is 0 Å². The lowest BCUT2D eigenvalue weighted by atomic mass is 10.2. The molecule has 1 N–H and O–H groups in total. The lowest BCUT2D eigenvalue weighted by Crippen LogP contribution is -2.16. The van der Waals surface area contributed by atoms with Gasteiger partial charge in [-0.1, -0.05) is 15.9 Å². The predicted octanol–water partition coefficient (Wildman–Crippen LogP) is 3.25. The van der Waals surface area contributed by atoms with E-state index in [1.807, 2.05) is 12.1 Å². The zero-order chi connectivity index (χ0) is 13.2. The molecule has 1 saturated heterocycles. The topological polar surface area (TPSA) is 51.8 Å². The molecule has 0 spiro atoms. The number of hydrogen-bond donors (Lipinski definition) is 1. The SMILES string of the molecule is OCc1coc2c(OC[C@H]3CCCO3)cc(Br)cc12. The van der Waals surface area contributed by atoms with Crippen molar-refractivity contribution in [1.82, 2.24) is 0 Å². The Morgan fingerprint density at radius 3 is 3.05 bits per heavy atom. The highest BCUT2D eigenvalue weighted by Gasteiger charge is 2.18. The van der Waals surface area contributed by atoms with E-state index >= 15 is 0 Å². The second-order valence-electron chi connectivity index (χ2n) is 4.65. The zero-order valence-corrected chi connectivity index (χ0v) is 12.0. The largest absolute Gasteiger partial charge is 0.487 e. The van der Waals surface area contributed by atoms with Gasteiger partial charge in [0.25, 0.3) is 0 Å². The fourth-order valence-electron chi connectivity index (χ4n) is 2.31. The van der Waals surface area contributed by atoms with Crippen LogP contribution in [0, 0.1) is 0 Å². The number of benzene rings is 1. The van der Waals surface area contributed by atoms with E-state index in [2.05, 4.69) is 15.9 Å². The molecule has 0 bridgehead atoms. The van der Waals surface area contributed by atoms with Crippen LogP contribution in [0.5, 0.6) is 5.75 Å². The van der Waals surface area contributed by atoms with Gasteiger partial charge in [-0.3, -0.25) is 0 Å². The molecule has 5 heteroatoms. The number of ether oxygens (including phenoxy) is 2. The highest BCUT2D eigenvalue weighted by Crippen LogP contribution is 2.34. The molecular weight excluding hydrogens is 312 g/mol. The smallest absolute Gasteiger partial charge is 0.176 e. The Morgan fingerprint density at radius 1 is 1.42 bits per heavy atom.